The Kier molecular flexibility index (Phi) is 6.94. The van der Waals surface area contributed by atoms with Gasteiger partial charge in [0.25, 0.3) is 0 Å². The van der Waals surface area contributed by atoms with Crippen molar-refractivity contribution in [1.29, 1.82) is 0 Å². The number of nitrogens with zero attached hydrogens (tertiary/aromatic N) is 2. The molecule has 21 heavy (non-hydrogen) atoms. The number of piperidine rings is 2. The van der Waals surface area contributed by atoms with Crippen LogP contribution in [0.3, 0.4) is 0 Å². The molecule has 0 aliphatic carbocycles. The van der Waals surface area contributed by atoms with Gasteiger partial charge in [0.1, 0.15) is 0 Å². The van der Waals surface area contributed by atoms with Crippen LogP contribution in [-0.2, 0) is 9.59 Å². The number of nitrogens with two attached hydrogens (primary N) is 1. The van der Waals surface area contributed by atoms with E-state index in [1.54, 1.807) is 11.8 Å². The van der Waals surface area contributed by atoms with E-state index >= 15 is 0 Å². The Morgan fingerprint density at radius 1 is 1.24 bits per heavy atom. The van der Waals surface area contributed by atoms with Crippen molar-refractivity contribution in [3.63, 3.8) is 0 Å². The summed E-state index contributed by atoms with van der Waals surface area (Å²) in [5.74, 6) is 0.895. The van der Waals surface area contributed by atoms with Crippen LogP contribution in [0.5, 0.6) is 0 Å². The van der Waals surface area contributed by atoms with Crippen molar-refractivity contribution >= 4 is 24.2 Å². The summed E-state index contributed by atoms with van der Waals surface area (Å²) in [6, 6.07) is 0.180. The maximum absolute atomic E-state index is 12.7. The van der Waals surface area contributed by atoms with Crippen LogP contribution in [-0.4, -0.2) is 53.8 Å². The lowest BCUT2D eigenvalue weighted by atomic mass is 9.89. The Hall–Kier alpha value is -0.810. The van der Waals surface area contributed by atoms with Gasteiger partial charge in [0.05, 0.1) is 5.92 Å². The smallest absolute Gasteiger partial charge is 0.227 e. The molecule has 2 fully saturated rings. The summed E-state index contributed by atoms with van der Waals surface area (Å²) in [6.07, 6.45) is 3.89. The number of hydrogen-bond donors (Lipinski definition) is 1. The molecule has 2 aliphatic heterocycles. The average Bonchev–Trinajstić information content (AvgIpc) is 2.46. The molecule has 5 nitrogen and oxygen atoms in total. The minimum Gasteiger partial charge on any atom is -0.342 e. The van der Waals surface area contributed by atoms with Gasteiger partial charge in [0, 0.05) is 39.1 Å². The molecule has 0 aromatic rings. The number of rotatable bonds is 2. The Balaban J connectivity index is 0.00000220. The Bertz CT molecular complexity index is 378. The number of likely N-dealkylation sites (tertiary alicyclic amines) is 2. The van der Waals surface area contributed by atoms with E-state index in [0.29, 0.717) is 19.0 Å². The Morgan fingerprint density at radius 3 is 2.57 bits per heavy atom. The molecule has 2 saturated heterocycles. The van der Waals surface area contributed by atoms with Crippen LogP contribution in [0.4, 0.5) is 0 Å². The lowest BCUT2D eigenvalue weighted by molar-refractivity contribution is -0.143. The fourth-order valence-corrected chi connectivity index (χ4v) is 3.46. The number of carbonyl (C=O) groups excluding carboxylic acids is 2. The zero-order valence-electron chi connectivity index (χ0n) is 13.1. The summed E-state index contributed by atoms with van der Waals surface area (Å²) in [6.45, 7) is 6.53. The van der Waals surface area contributed by atoms with Gasteiger partial charge < -0.3 is 15.5 Å². The summed E-state index contributed by atoms with van der Waals surface area (Å²) in [4.78, 5) is 28.0. The maximum Gasteiger partial charge on any atom is 0.227 e. The van der Waals surface area contributed by atoms with Gasteiger partial charge in [-0.1, -0.05) is 6.92 Å². The van der Waals surface area contributed by atoms with Crippen molar-refractivity contribution in [2.75, 3.05) is 26.2 Å². The second-order valence-corrected chi connectivity index (χ2v) is 6.35. The van der Waals surface area contributed by atoms with Crippen molar-refractivity contribution in [2.24, 2.45) is 17.6 Å². The molecule has 0 aromatic heterocycles. The molecule has 3 unspecified atom stereocenters. The van der Waals surface area contributed by atoms with E-state index in [0.717, 1.165) is 38.8 Å². The van der Waals surface area contributed by atoms with Gasteiger partial charge in [-0.2, -0.15) is 0 Å². The van der Waals surface area contributed by atoms with Crippen LogP contribution in [0.15, 0.2) is 0 Å². The minimum atomic E-state index is -0.0323. The molecular weight excluding hydrogens is 290 g/mol. The summed E-state index contributed by atoms with van der Waals surface area (Å²) < 4.78 is 0. The molecule has 2 aliphatic rings. The third kappa shape index (κ3) is 4.33. The van der Waals surface area contributed by atoms with Gasteiger partial charge in [-0.05, 0) is 31.6 Å². The molecule has 0 bridgehead atoms. The van der Waals surface area contributed by atoms with Gasteiger partial charge in [-0.25, -0.2) is 0 Å². The van der Waals surface area contributed by atoms with E-state index in [-0.39, 0.29) is 36.2 Å². The van der Waals surface area contributed by atoms with Crippen LogP contribution >= 0.6 is 12.4 Å². The first-order chi connectivity index (χ1) is 9.52. The Morgan fingerprint density at radius 2 is 1.95 bits per heavy atom. The lowest BCUT2D eigenvalue weighted by Crippen LogP contribution is -2.53. The van der Waals surface area contributed by atoms with E-state index < -0.39 is 0 Å². The first-order valence-electron chi connectivity index (χ1n) is 7.79. The SMILES string of the molecule is CC(=O)N1CCCC(C(=O)N2CCC(C)CC2CN)C1.Cl. The minimum absolute atomic E-state index is 0. The van der Waals surface area contributed by atoms with Crippen LogP contribution in [0.1, 0.15) is 39.5 Å². The second-order valence-electron chi connectivity index (χ2n) is 6.35. The van der Waals surface area contributed by atoms with Crippen molar-refractivity contribution < 1.29 is 9.59 Å². The second kappa shape index (κ2) is 7.99. The molecule has 6 heteroatoms. The van der Waals surface area contributed by atoms with Gasteiger partial charge in [0.2, 0.25) is 11.8 Å². The standard InChI is InChI=1S/C15H27N3O2.ClH/c1-11-5-7-18(14(8-11)9-16)15(20)13-4-3-6-17(10-13)12(2)19;/h11,13-14H,3-10,16H2,1-2H3;1H. The first kappa shape index (κ1) is 18.2. The monoisotopic (exact) mass is 317 g/mol. The molecule has 0 aromatic carbocycles. The van der Waals surface area contributed by atoms with Crippen LogP contribution in [0.25, 0.3) is 0 Å². The zero-order chi connectivity index (χ0) is 14.7. The summed E-state index contributed by atoms with van der Waals surface area (Å²) >= 11 is 0. The highest BCUT2D eigenvalue weighted by Crippen LogP contribution is 2.26. The van der Waals surface area contributed by atoms with E-state index in [1.165, 1.54) is 0 Å². The number of carbonyl (C=O) groups is 2. The predicted octanol–water partition coefficient (Wildman–Crippen LogP) is 1.25. The van der Waals surface area contributed by atoms with E-state index in [4.69, 9.17) is 5.73 Å². The van der Waals surface area contributed by atoms with Crippen molar-refractivity contribution in [2.45, 2.75) is 45.6 Å². The maximum atomic E-state index is 12.7. The van der Waals surface area contributed by atoms with E-state index in [9.17, 15) is 9.59 Å². The summed E-state index contributed by atoms with van der Waals surface area (Å²) in [5.41, 5.74) is 5.84. The quantitative estimate of drug-likeness (QED) is 0.833. The largest absolute Gasteiger partial charge is 0.342 e. The van der Waals surface area contributed by atoms with E-state index in [2.05, 4.69) is 6.92 Å². The molecule has 3 atom stereocenters. The van der Waals surface area contributed by atoms with Crippen LogP contribution in [0.2, 0.25) is 0 Å². The average molecular weight is 318 g/mol. The predicted molar refractivity (Wildman–Crippen MR) is 85.2 cm³/mol. The van der Waals surface area contributed by atoms with Crippen molar-refractivity contribution in [3.8, 4) is 0 Å². The van der Waals surface area contributed by atoms with Crippen molar-refractivity contribution in [3.05, 3.63) is 0 Å². The molecule has 2 rings (SSSR count). The van der Waals surface area contributed by atoms with Crippen molar-refractivity contribution in [1.82, 2.24) is 9.80 Å². The molecular formula is C15H28ClN3O2. The lowest BCUT2D eigenvalue weighted by Gasteiger charge is -2.41. The van der Waals surface area contributed by atoms with Gasteiger partial charge in [-0.3, -0.25) is 9.59 Å². The summed E-state index contributed by atoms with van der Waals surface area (Å²) in [7, 11) is 0. The fourth-order valence-electron chi connectivity index (χ4n) is 3.46. The molecule has 2 N–H and O–H groups in total. The molecule has 122 valence electrons. The third-order valence-electron chi connectivity index (χ3n) is 4.75. The Labute approximate surface area is 133 Å². The van der Waals surface area contributed by atoms with Crippen LogP contribution < -0.4 is 5.73 Å². The first-order valence-corrected chi connectivity index (χ1v) is 7.79. The summed E-state index contributed by atoms with van der Waals surface area (Å²) in [5, 5.41) is 0. The number of hydrogen-bond acceptors (Lipinski definition) is 3. The molecule has 0 saturated carbocycles. The van der Waals surface area contributed by atoms with Gasteiger partial charge in [-0.15, -0.1) is 12.4 Å². The molecule has 0 radical (unpaired) electrons. The highest BCUT2D eigenvalue weighted by molar-refractivity contribution is 5.85. The topological polar surface area (TPSA) is 66.6 Å². The highest BCUT2D eigenvalue weighted by Gasteiger charge is 2.35. The van der Waals surface area contributed by atoms with Gasteiger partial charge >= 0.3 is 0 Å². The normalized spacial score (nSPS) is 29.8. The highest BCUT2D eigenvalue weighted by atomic mass is 35.5. The van der Waals surface area contributed by atoms with E-state index in [1.807, 2.05) is 4.90 Å². The number of amides is 2. The zero-order valence-corrected chi connectivity index (χ0v) is 13.9. The molecule has 2 heterocycles. The van der Waals surface area contributed by atoms with Crippen LogP contribution in [0, 0.1) is 11.8 Å². The fraction of sp³-hybridized carbons (Fsp3) is 0.867. The molecule has 2 amide bonds. The van der Waals surface area contributed by atoms with Gasteiger partial charge in [0.15, 0.2) is 0 Å². The number of halogens is 1. The molecule has 0 spiro atoms. The third-order valence-corrected chi connectivity index (χ3v) is 4.75.